The molecule has 28 rings (SSSR count). The second-order valence-corrected chi connectivity index (χ2v) is 34.4. The molecule has 0 atom stereocenters. The molecule has 12 nitrogen and oxygen atoms in total. The van der Waals surface area contributed by atoms with Gasteiger partial charge < -0.3 is 26.8 Å². The van der Waals surface area contributed by atoms with Crippen LogP contribution in [0.2, 0.25) is 0 Å². The Hall–Kier alpha value is -16.3. The Morgan fingerprint density at radius 3 is 1.17 bits per heavy atom. The van der Waals surface area contributed by atoms with Crippen LogP contribution in [0.25, 0.3) is 284 Å². The van der Waals surface area contributed by atoms with Gasteiger partial charge in [-0.3, -0.25) is 0 Å². The van der Waals surface area contributed by atoms with E-state index in [4.69, 9.17) is 47.6 Å². The molecule has 0 N–H and O–H groups in total. The molecule has 0 spiro atoms. The van der Waals surface area contributed by atoms with E-state index in [0.29, 0.717) is 57.3 Å². The number of rotatable bonds is 9. The van der Waals surface area contributed by atoms with Gasteiger partial charge in [0.2, 0.25) is 0 Å². The van der Waals surface area contributed by atoms with E-state index in [1.54, 1.807) is 22.7 Å². The summed E-state index contributed by atoms with van der Waals surface area (Å²) in [5.41, 5.74) is 18.8. The Morgan fingerprint density at radius 1 is 0.194 bits per heavy atom. The van der Waals surface area contributed by atoms with Gasteiger partial charge in [-0.15, -0.1) is 22.7 Å². The molecule has 10 heterocycles. The molecule has 0 amide bonds. The maximum Gasteiger partial charge on any atom is 0.167 e. The lowest BCUT2D eigenvalue weighted by atomic mass is 9.97. The van der Waals surface area contributed by atoms with Gasteiger partial charge in [-0.1, -0.05) is 206 Å². The minimum absolute atomic E-state index is 0.431. The molecule has 0 fully saturated rings. The predicted octanol–water partition coefficient (Wildman–Crippen LogP) is 30.6. The number of para-hydroxylation sites is 7. The number of hydrogen-bond donors (Lipinski definition) is 0. The highest BCUT2D eigenvalue weighted by Gasteiger charge is 2.29. The average molecular weight is 1620 g/mol. The molecule has 0 saturated heterocycles. The molecule has 10 aromatic heterocycles. The lowest BCUT2D eigenvalue weighted by Crippen LogP contribution is -2.02. The predicted molar refractivity (Wildman–Crippen MR) is 510 cm³/mol. The first-order valence-electron chi connectivity index (χ1n) is 41.4. The number of furan rings is 4. The summed E-state index contributed by atoms with van der Waals surface area (Å²) in [5, 5.41) is 21.7. The van der Waals surface area contributed by atoms with Gasteiger partial charge >= 0.3 is 0 Å². The van der Waals surface area contributed by atoms with Crippen LogP contribution in [0.15, 0.2) is 370 Å². The molecule has 0 saturated carbocycles. The number of nitrogens with zero attached hydrogens (tertiary/aromatic N) is 8. The van der Waals surface area contributed by atoms with Gasteiger partial charge in [0.1, 0.15) is 44.7 Å². The van der Waals surface area contributed by atoms with Crippen molar-refractivity contribution in [1.82, 2.24) is 39.0 Å². The van der Waals surface area contributed by atoms with Crippen molar-refractivity contribution in [3.05, 3.63) is 352 Å². The van der Waals surface area contributed by atoms with Gasteiger partial charge in [0, 0.05) is 116 Å². The van der Waals surface area contributed by atoms with Gasteiger partial charge in [0.25, 0.3) is 0 Å². The SMILES string of the molecule is c1ccc2cc3c(cc2c1)c1ccccc1n3-c1cc(-c2nc(-c3ccc4sc5ccccc5c4c3)nc(-c3ccc4sc5cc(-c6cccc7oc8c(-c9nc(-c%10cc(-n%11c%12ccccc%12c%12cc%13ccccc%13cc%12%11)c%11c(c%10)oc%10ccccc%10%11)nc(-c%10cccc%11c%10oc%10ccccc%10%11)n9)cccc8c67)ccc5c4c3)n2)cc2oc3ccccc3c12. The van der Waals surface area contributed by atoms with Gasteiger partial charge in [0.15, 0.2) is 34.9 Å². The van der Waals surface area contributed by atoms with Crippen molar-refractivity contribution >= 4 is 216 Å². The first-order valence-corrected chi connectivity index (χ1v) is 43.0. The molecular weight excluding hydrogens is 1560 g/mol. The number of aromatic nitrogens is 8. The molecule has 28 aromatic rings. The van der Waals surface area contributed by atoms with E-state index in [1.807, 2.05) is 48.5 Å². The molecule has 0 aliphatic carbocycles. The van der Waals surface area contributed by atoms with Gasteiger partial charge in [-0.25, -0.2) is 29.9 Å². The largest absolute Gasteiger partial charge is 0.456 e. The molecule has 0 radical (unpaired) electrons. The molecule has 0 bridgehead atoms. The van der Waals surface area contributed by atoms with E-state index in [9.17, 15) is 0 Å². The monoisotopic (exact) mass is 1620 g/mol. The summed E-state index contributed by atoms with van der Waals surface area (Å²) in [6.07, 6.45) is 0. The maximum absolute atomic E-state index is 7.21. The quantitative estimate of drug-likeness (QED) is 0.137. The van der Waals surface area contributed by atoms with Crippen LogP contribution in [0.1, 0.15) is 0 Å². The van der Waals surface area contributed by atoms with Crippen molar-refractivity contribution in [2.45, 2.75) is 0 Å². The Bertz CT molecular complexity index is 9590. The van der Waals surface area contributed by atoms with Crippen molar-refractivity contribution < 1.29 is 17.7 Å². The van der Waals surface area contributed by atoms with E-state index >= 15 is 0 Å². The Balaban J connectivity index is 0.598. The van der Waals surface area contributed by atoms with Crippen molar-refractivity contribution in [3.63, 3.8) is 0 Å². The van der Waals surface area contributed by atoms with E-state index in [0.717, 1.165) is 196 Å². The first-order chi connectivity index (χ1) is 61.4. The summed E-state index contributed by atoms with van der Waals surface area (Å²) >= 11 is 3.56. The lowest BCUT2D eigenvalue weighted by Gasteiger charge is -2.13. The van der Waals surface area contributed by atoms with Crippen LogP contribution < -0.4 is 0 Å². The number of thiophene rings is 2. The van der Waals surface area contributed by atoms with Crippen molar-refractivity contribution in [2.24, 2.45) is 0 Å². The van der Waals surface area contributed by atoms with Gasteiger partial charge in [-0.05, 0) is 178 Å². The first kappa shape index (κ1) is 67.6. The standard InChI is InChI=1S/C110H58N8O4S2/c1-3-22-61-52-86-80(48-59(61)20-1)69-24-5-11-35-84(69)117(86)88-54-66(56-94-101(88)75-28-8-14-38-91(75)119-94)107-112-105(64-43-46-97-82(50-64)72-27-10-16-41-96(72)123-97)111-106(113-107)65-44-47-98-83(51-65)73-45-42-63(58-99(73)124-98)68-30-19-40-93-100(68)77-32-18-34-79(104(77)122-93)110-115-108(114-109(116-110)78-33-17-31-74-71-26-7-13-37-90(71)121-103(74)78)67-55-89(102-76-29-9-15-39-92(76)120-95(102)57-67)118-85-36-12-6-25-70(85)81-49-60-21-2-4-23-62(60)53-87(81)118/h1-58H. The molecule has 574 valence electrons. The normalized spacial score (nSPS) is 12.4. The summed E-state index contributed by atoms with van der Waals surface area (Å²) in [4.78, 5) is 33.2. The number of benzene rings is 18. The third-order valence-electron chi connectivity index (χ3n) is 25.3. The average Bonchev–Trinajstić information content (AvgIpc) is 1.56. The van der Waals surface area contributed by atoms with Crippen LogP contribution in [-0.2, 0) is 0 Å². The molecule has 14 heteroatoms. The summed E-state index contributed by atoms with van der Waals surface area (Å²) in [6.45, 7) is 0. The number of hydrogen-bond acceptors (Lipinski definition) is 12. The zero-order valence-electron chi connectivity index (χ0n) is 65.5. The summed E-state index contributed by atoms with van der Waals surface area (Å²) < 4.78 is 37.4. The number of fused-ring (bicyclic) bond motifs is 26. The van der Waals surface area contributed by atoms with E-state index in [-0.39, 0.29) is 0 Å². The third kappa shape index (κ3) is 9.99. The Morgan fingerprint density at radius 2 is 0.589 bits per heavy atom. The van der Waals surface area contributed by atoms with Crippen LogP contribution in [0.5, 0.6) is 0 Å². The van der Waals surface area contributed by atoms with Crippen LogP contribution in [-0.4, -0.2) is 39.0 Å². The summed E-state index contributed by atoms with van der Waals surface area (Å²) in [6, 6.07) is 125. The van der Waals surface area contributed by atoms with Gasteiger partial charge in [0.05, 0.1) is 55.3 Å². The van der Waals surface area contributed by atoms with Crippen molar-refractivity contribution in [3.8, 4) is 90.8 Å². The highest BCUT2D eigenvalue weighted by Crippen LogP contribution is 2.50. The second-order valence-electron chi connectivity index (χ2n) is 32.3. The van der Waals surface area contributed by atoms with E-state index in [2.05, 4.69) is 312 Å². The summed E-state index contributed by atoms with van der Waals surface area (Å²) in [5.74, 6) is 2.96. The minimum Gasteiger partial charge on any atom is -0.456 e. The molecule has 0 aliphatic heterocycles. The van der Waals surface area contributed by atoms with E-state index < -0.39 is 0 Å². The van der Waals surface area contributed by atoms with Crippen LogP contribution in [0, 0.1) is 0 Å². The molecule has 18 aromatic carbocycles. The van der Waals surface area contributed by atoms with Gasteiger partial charge in [-0.2, -0.15) is 0 Å². The fraction of sp³-hybridized carbons (Fsp3) is 0. The van der Waals surface area contributed by atoms with Crippen LogP contribution >= 0.6 is 22.7 Å². The van der Waals surface area contributed by atoms with Crippen LogP contribution in [0.3, 0.4) is 0 Å². The van der Waals surface area contributed by atoms with Crippen molar-refractivity contribution in [2.75, 3.05) is 0 Å². The van der Waals surface area contributed by atoms with E-state index in [1.165, 1.54) is 30.9 Å². The third-order valence-corrected chi connectivity index (χ3v) is 27.6. The molecule has 0 unspecified atom stereocenters. The lowest BCUT2D eigenvalue weighted by molar-refractivity contribution is 0.668. The minimum atomic E-state index is 0.431. The molecular formula is C110H58N8O4S2. The molecule has 124 heavy (non-hydrogen) atoms. The zero-order chi connectivity index (χ0) is 80.7. The fourth-order valence-corrected chi connectivity index (χ4v) is 22.0. The Kier molecular flexibility index (Phi) is 14.0. The second kappa shape index (κ2) is 25.6. The van der Waals surface area contributed by atoms with Crippen molar-refractivity contribution in [1.29, 1.82) is 0 Å². The maximum atomic E-state index is 7.21. The highest BCUT2D eigenvalue weighted by atomic mass is 32.1. The van der Waals surface area contributed by atoms with Crippen LogP contribution in [0.4, 0.5) is 0 Å². The zero-order valence-corrected chi connectivity index (χ0v) is 67.1. The highest BCUT2D eigenvalue weighted by molar-refractivity contribution is 7.26. The smallest absolute Gasteiger partial charge is 0.167 e. The summed E-state index contributed by atoms with van der Waals surface area (Å²) in [7, 11) is 0. The molecule has 0 aliphatic rings. The topological polar surface area (TPSA) is 140 Å². The Labute approximate surface area is 710 Å². The fourth-order valence-electron chi connectivity index (χ4n) is 19.8.